The van der Waals surface area contributed by atoms with Crippen LogP contribution in [0.25, 0.3) is 5.57 Å². The molecule has 0 saturated carbocycles. The molecule has 1 N–H and O–H groups in total. The number of ketones is 1. The maximum atomic E-state index is 12.1. The van der Waals surface area contributed by atoms with Crippen LogP contribution in [0, 0.1) is 0 Å². The highest BCUT2D eigenvalue weighted by atomic mass is 16.2. The lowest BCUT2D eigenvalue weighted by Crippen LogP contribution is -2.06. The van der Waals surface area contributed by atoms with Crippen LogP contribution in [0.15, 0.2) is 54.9 Å². The zero-order valence-electron chi connectivity index (χ0n) is 9.96. The molecule has 2 heterocycles. The van der Waals surface area contributed by atoms with Gasteiger partial charge in [0.25, 0.3) is 5.91 Å². The number of anilines is 1. The normalized spacial score (nSPS) is 15.2. The SMILES string of the molecule is O=C1Nc2ccccc2/C1=C\C(=O)c1ccncc1. The van der Waals surface area contributed by atoms with Gasteiger partial charge in [-0.25, -0.2) is 0 Å². The van der Waals surface area contributed by atoms with Gasteiger partial charge < -0.3 is 5.32 Å². The highest BCUT2D eigenvalue weighted by molar-refractivity contribution is 6.34. The molecule has 1 amide bonds. The number of rotatable bonds is 2. The van der Waals surface area contributed by atoms with E-state index in [-0.39, 0.29) is 11.7 Å². The number of hydrogen-bond acceptors (Lipinski definition) is 3. The number of aromatic nitrogens is 1. The number of carbonyl (C=O) groups is 2. The van der Waals surface area contributed by atoms with Crippen LogP contribution < -0.4 is 5.32 Å². The Balaban J connectivity index is 2.01. The molecule has 0 atom stereocenters. The molecule has 2 aromatic rings. The maximum absolute atomic E-state index is 12.1. The zero-order valence-corrected chi connectivity index (χ0v) is 9.96. The van der Waals surface area contributed by atoms with Crippen molar-refractivity contribution in [3.8, 4) is 0 Å². The average molecular weight is 250 g/mol. The summed E-state index contributed by atoms with van der Waals surface area (Å²) >= 11 is 0. The van der Waals surface area contributed by atoms with E-state index in [4.69, 9.17) is 0 Å². The molecule has 0 aliphatic carbocycles. The standard InChI is InChI=1S/C15H10N2O2/c18-14(10-5-7-16-8-6-10)9-12-11-3-1-2-4-13(11)17-15(12)19/h1-9H,(H,17,19)/b12-9+. The molecular formula is C15H10N2O2. The summed E-state index contributed by atoms with van der Waals surface area (Å²) in [5, 5.41) is 2.73. The summed E-state index contributed by atoms with van der Waals surface area (Å²) in [6.45, 7) is 0. The van der Waals surface area contributed by atoms with Crippen molar-refractivity contribution in [1.29, 1.82) is 0 Å². The highest BCUT2D eigenvalue weighted by Gasteiger charge is 2.24. The molecule has 3 rings (SSSR count). The third-order valence-corrected chi connectivity index (χ3v) is 2.95. The van der Waals surface area contributed by atoms with Gasteiger partial charge in [0.1, 0.15) is 0 Å². The third kappa shape index (κ3) is 2.04. The van der Waals surface area contributed by atoms with Crippen LogP contribution in [0.5, 0.6) is 0 Å². The van der Waals surface area contributed by atoms with Crippen LogP contribution in [0.3, 0.4) is 0 Å². The number of hydrogen-bond donors (Lipinski definition) is 1. The van der Waals surface area contributed by atoms with E-state index in [9.17, 15) is 9.59 Å². The summed E-state index contributed by atoms with van der Waals surface area (Å²) in [6.07, 6.45) is 4.47. The van der Waals surface area contributed by atoms with Gasteiger partial charge in [0, 0.05) is 29.2 Å². The van der Waals surface area contributed by atoms with Crippen molar-refractivity contribution in [1.82, 2.24) is 4.98 Å². The third-order valence-electron chi connectivity index (χ3n) is 2.95. The molecule has 4 heteroatoms. The van der Waals surface area contributed by atoms with Crippen LogP contribution in [0.1, 0.15) is 15.9 Å². The van der Waals surface area contributed by atoms with Crippen molar-refractivity contribution in [2.24, 2.45) is 0 Å². The molecule has 1 aromatic heterocycles. The van der Waals surface area contributed by atoms with Gasteiger partial charge >= 0.3 is 0 Å². The first-order valence-electron chi connectivity index (χ1n) is 5.82. The monoisotopic (exact) mass is 250 g/mol. The Bertz CT molecular complexity index is 690. The lowest BCUT2D eigenvalue weighted by molar-refractivity contribution is -0.110. The van der Waals surface area contributed by atoms with E-state index in [2.05, 4.69) is 10.3 Å². The van der Waals surface area contributed by atoms with E-state index in [1.54, 1.807) is 24.5 Å². The number of amides is 1. The van der Waals surface area contributed by atoms with E-state index in [1.165, 1.54) is 6.08 Å². The molecule has 0 radical (unpaired) electrons. The van der Waals surface area contributed by atoms with Crippen molar-refractivity contribution in [2.45, 2.75) is 0 Å². The van der Waals surface area contributed by atoms with Crippen LogP contribution in [0.2, 0.25) is 0 Å². The Morgan fingerprint density at radius 3 is 2.63 bits per heavy atom. The highest BCUT2D eigenvalue weighted by Crippen LogP contribution is 2.31. The van der Waals surface area contributed by atoms with E-state index >= 15 is 0 Å². The van der Waals surface area contributed by atoms with Gasteiger partial charge in [0.2, 0.25) is 0 Å². The smallest absolute Gasteiger partial charge is 0.256 e. The number of para-hydroxylation sites is 1. The van der Waals surface area contributed by atoms with E-state index in [0.29, 0.717) is 11.1 Å². The largest absolute Gasteiger partial charge is 0.321 e. The number of benzene rings is 1. The van der Waals surface area contributed by atoms with Gasteiger partial charge in [-0.15, -0.1) is 0 Å². The molecule has 1 aromatic carbocycles. The van der Waals surface area contributed by atoms with Crippen LogP contribution in [-0.2, 0) is 4.79 Å². The summed E-state index contributed by atoms with van der Waals surface area (Å²) in [7, 11) is 0. The fourth-order valence-electron chi connectivity index (χ4n) is 2.01. The lowest BCUT2D eigenvalue weighted by Gasteiger charge is -1.98. The van der Waals surface area contributed by atoms with Crippen molar-refractivity contribution >= 4 is 23.0 Å². The summed E-state index contributed by atoms with van der Waals surface area (Å²) in [5.41, 5.74) is 2.41. The quantitative estimate of drug-likeness (QED) is 0.657. The van der Waals surface area contributed by atoms with Gasteiger partial charge in [-0.1, -0.05) is 18.2 Å². The maximum Gasteiger partial charge on any atom is 0.256 e. The first-order valence-corrected chi connectivity index (χ1v) is 5.82. The number of nitrogens with one attached hydrogen (secondary N) is 1. The number of carbonyl (C=O) groups excluding carboxylic acids is 2. The number of nitrogens with zero attached hydrogens (tertiary/aromatic N) is 1. The van der Waals surface area contributed by atoms with Gasteiger partial charge in [-0.2, -0.15) is 0 Å². The van der Waals surface area contributed by atoms with E-state index in [0.717, 1.165) is 11.3 Å². The van der Waals surface area contributed by atoms with Gasteiger partial charge in [-0.3, -0.25) is 14.6 Å². The van der Waals surface area contributed by atoms with E-state index < -0.39 is 0 Å². The summed E-state index contributed by atoms with van der Waals surface area (Å²) in [6, 6.07) is 10.6. The Labute approximate surface area is 109 Å². The molecule has 0 saturated heterocycles. The lowest BCUT2D eigenvalue weighted by atomic mass is 10.0. The van der Waals surface area contributed by atoms with Gasteiger partial charge in [0.15, 0.2) is 5.78 Å². The molecule has 92 valence electrons. The van der Waals surface area contributed by atoms with Crippen molar-refractivity contribution in [3.63, 3.8) is 0 Å². The first kappa shape index (κ1) is 11.3. The fourth-order valence-corrected chi connectivity index (χ4v) is 2.01. The Morgan fingerprint density at radius 1 is 1.11 bits per heavy atom. The summed E-state index contributed by atoms with van der Waals surface area (Å²) in [4.78, 5) is 27.8. The Morgan fingerprint density at radius 2 is 1.84 bits per heavy atom. The molecule has 19 heavy (non-hydrogen) atoms. The van der Waals surface area contributed by atoms with Crippen LogP contribution in [-0.4, -0.2) is 16.7 Å². The second-order valence-corrected chi connectivity index (χ2v) is 4.16. The number of pyridine rings is 1. The molecule has 1 aliphatic heterocycles. The fraction of sp³-hybridized carbons (Fsp3) is 0. The van der Waals surface area contributed by atoms with E-state index in [1.807, 2.05) is 24.3 Å². The molecule has 0 spiro atoms. The van der Waals surface area contributed by atoms with Crippen LogP contribution in [0.4, 0.5) is 5.69 Å². The predicted octanol–water partition coefficient (Wildman–Crippen LogP) is 2.30. The molecule has 0 bridgehead atoms. The molecule has 1 aliphatic rings. The summed E-state index contributed by atoms with van der Waals surface area (Å²) in [5.74, 6) is -0.451. The molecule has 0 fully saturated rings. The number of fused-ring (bicyclic) bond motifs is 1. The minimum absolute atomic E-state index is 0.204. The average Bonchev–Trinajstić information content (AvgIpc) is 2.76. The van der Waals surface area contributed by atoms with Gasteiger partial charge in [0.05, 0.1) is 5.57 Å². The van der Waals surface area contributed by atoms with Crippen molar-refractivity contribution < 1.29 is 9.59 Å². The van der Waals surface area contributed by atoms with Gasteiger partial charge in [-0.05, 0) is 24.3 Å². The topological polar surface area (TPSA) is 59.1 Å². The molecule has 4 nitrogen and oxygen atoms in total. The Kier molecular flexibility index (Phi) is 2.68. The van der Waals surface area contributed by atoms with Crippen LogP contribution >= 0.6 is 0 Å². The Hall–Kier alpha value is -2.75. The summed E-state index contributed by atoms with van der Waals surface area (Å²) < 4.78 is 0. The van der Waals surface area contributed by atoms with Crippen molar-refractivity contribution in [3.05, 3.63) is 66.0 Å². The second kappa shape index (κ2) is 4.49. The predicted molar refractivity (Wildman–Crippen MR) is 71.6 cm³/mol. The molecule has 0 unspecified atom stereocenters. The second-order valence-electron chi connectivity index (χ2n) is 4.16. The minimum Gasteiger partial charge on any atom is -0.321 e. The number of allylic oxidation sites excluding steroid dienone is 1. The first-order chi connectivity index (χ1) is 9.25. The van der Waals surface area contributed by atoms with Crippen molar-refractivity contribution in [2.75, 3.05) is 5.32 Å². The molecular weight excluding hydrogens is 240 g/mol. The minimum atomic E-state index is -0.247. The zero-order chi connectivity index (χ0) is 13.2.